The van der Waals surface area contributed by atoms with E-state index in [0.29, 0.717) is 29.5 Å². The molecule has 2 heterocycles. The number of aromatic amines is 1. The summed E-state index contributed by atoms with van der Waals surface area (Å²) in [6, 6.07) is 17.2. The Morgan fingerprint density at radius 2 is 1.97 bits per heavy atom. The molecule has 0 aliphatic rings. The Hall–Kier alpha value is -3.78. The van der Waals surface area contributed by atoms with Crippen LogP contribution in [0.1, 0.15) is 18.1 Å². The molecule has 0 saturated heterocycles. The van der Waals surface area contributed by atoms with Crippen molar-refractivity contribution in [1.82, 2.24) is 14.9 Å². The average Bonchev–Trinajstić information content (AvgIpc) is 2.81. The van der Waals surface area contributed by atoms with Gasteiger partial charge in [-0.15, -0.1) is 0 Å². The number of rotatable bonds is 7. The van der Waals surface area contributed by atoms with E-state index in [9.17, 15) is 9.18 Å². The molecule has 2 aromatic carbocycles. The van der Waals surface area contributed by atoms with Crippen LogP contribution in [0.15, 0.2) is 77.9 Å². The van der Waals surface area contributed by atoms with Gasteiger partial charge in [0.05, 0.1) is 13.2 Å². The lowest BCUT2D eigenvalue weighted by atomic mass is 10.1. The number of hydrogen-bond acceptors (Lipinski definition) is 4. The maximum atomic E-state index is 13.3. The minimum atomic E-state index is -0.326. The zero-order chi connectivity index (χ0) is 23.2. The summed E-state index contributed by atoms with van der Waals surface area (Å²) in [6.07, 6.45) is 3.46. The predicted octanol–water partition coefficient (Wildman–Crippen LogP) is 4.86. The average molecular weight is 463 g/mol. The molecular weight excluding hydrogens is 439 g/mol. The maximum Gasteiger partial charge on any atom is 0.253 e. The first-order valence-corrected chi connectivity index (χ1v) is 10.9. The van der Waals surface area contributed by atoms with Crippen LogP contribution in [0.2, 0.25) is 0 Å². The lowest BCUT2D eigenvalue weighted by Gasteiger charge is -2.26. The van der Waals surface area contributed by atoms with E-state index < -0.39 is 0 Å². The van der Waals surface area contributed by atoms with E-state index in [1.165, 1.54) is 12.1 Å². The third kappa shape index (κ3) is 5.72. The third-order valence-corrected chi connectivity index (χ3v) is 5.40. The Bertz CT molecular complexity index is 1310. The van der Waals surface area contributed by atoms with Crippen molar-refractivity contribution in [3.05, 3.63) is 100 Å². The zero-order valence-electron chi connectivity index (χ0n) is 18.0. The lowest BCUT2D eigenvalue weighted by Crippen LogP contribution is -2.35. The number of benzene rings is 2. The van der Waals surface area contributed by atoms with Gasteiger partial charge in [-0.3, -0.25) is 9.78 Å². The van der Waals surface area contributed by atoms with Gasteiger partial charge in [-0.05, 0) is 79.3 Å². The van der Waals surface area contributed by atoms with Crippen LogP contribution in [0.3, 0.4) is 0 Å². The molecule has 33 heavy (non-hydrogen) atoms. The van der Waals surface area contributed by atoms with Crippen molar-refractivity contribution in [2.45, 2.75) is 20.0 Å². The summed E-state index contributed by atoms with van der Waals surface area (Å²) in [6.45, 7) is 3.20. The molecule has 6 nitrogen and oxygen atoms in total. The molecule has 0 spiro atoms. The molecule has 168 valence electrons. The predicted molar refractivity (Wildman–Crippen MR) is 132 cm³/mol. The first kappa shape index (κ1) is 22.4. The Balaban J connectivity index is 1.64. The minimum Gasteiger partial charge on any atom is -0.494 e. The number of pyridine rings is 2. The zero-order valence-corrected chi connectivity index (χ0v) is 18.9. The largest absolute Gasteiger partial charge is 0.494 e. The molecule has 4 rings (SSSR count). The van der Waals surface area contributed by atoms with Crippen molar-refractivity contribution in [2.24, 2.45) is 0 Å². The number of nitrogens with zero attached hydrogens (tertiary/aromatic N) is 2. The van der Waals surface area contributed by atoms with Gasteiger partial charge in [0.1, 0.15) is 11.6 Å². The standard InChI is InChI=1S/C25H23FN4O2S/c1-2-32-22-9-10-23-18(13-22)12-19(24(31)29-23)16-30(15-17-4-3-11-27-14-17)25(33)28-21-7-5-20(26)6-8-21/h3-14H,2,15-16H2,1H3,(H,28,33)(H,29,31). The molecular formula is C25H23FN4O2S. The fourth-order valence-corrected chi connectivity index (χ4v) is 3.70. The van der Waals surface area contributed by atoms with Gasteiger partial charge in [-0.2, -0.15) is 0 Å². The number of thiocarbonyl (C=S) groups is 1. The van der Waals surface area contributed by atoms with Gasteiger partial charge in [-0.25, -0.2) is 4.39 Å². The van der Waals surface area contributed by atoms with Crippen molar-refractivity contribution >= 4 is 33.9 Å². The summed E-state index contributed by atoms with van der Waals surface area (Å²) in [5.74, 6) is 0.413. The van der Waals surface area contributed by atoms with Gasteiger partial charge < -0.3 is 19.9 Å². The van der Waals surface area contributed by atoms with Crippen LogP contribution in [-0.2, 0) is 13.1 Å². The van der Waals surface area contributed by atoms with Crippen LogP contribution in [0, 0.1) is 5.82 Å². The van der Waals surface area contributed by atoms with Crippen LogP contribution >= 0.6 is 12.2 Å². The molecule has 0 unspecified atom stereocenters. The van der Waals surface area contributed by atoms with E-state index in [1.54, 1.807) is 24.5 Å². The SMILES string of the molecule is CCOc1ccc2[nH]c(=O)c(CN(Cc3cccnc3)C(=S)Nc3ccc(F)cc3)cc2c1. The fraction of sp³-hybridized carbons (Fsp3) is 0.160. The molecule has 2 aromatic heterocycles. The van der Waals surface area contributed by atoms with Gasteiger partial charge in [0, 0.05) is 41.1 Å². The Labute approximate surface area is 196 Å². The van der Waals surface area contributed by atoms with Crippen molar-refractivity contribution < 1.29 is 9.13 Å². The van der Waals surface area contributed by atoms with E-state index in [-0.39, 0.29) is 17.9 Å². The molecule has 0 radical (unpaired) electrons. The highest BCUT2D eigenvalue weighted by molar-refractivity contribution is 7.80. The number of hydrogen-bond donors (Lipinski definition) is 2. The lowest BCUT2D eigenvalue weighted by molar-refractivity contribution is 0.340. The van der Waals surface area contributed by atoms with Crippen molar-refractivity contribution in [3.8, 4) is 5.75 Å². The quantitative estimate of drug-likeness (QED) is 0.382. The molecule has 0 atom stereocenters. The summed E-state index contributed by atoms with van der Waals surface area (Å²) >= 11 is 5.65. The number of H-pyrrole nitrogens is 1. The monoisotopic (exact) mass is 462 g/mol. The van der Waals surface area contributed by atoms with Gasteiger partial charge in [-0.1, -0.05) is 6.07 Å². The van der Waals surface area contributed by atoms with Crippen LogP contribution in [0.4, 0.5) is 10.1 Å². The van der Waals surface area contributed by atoms with Crippen LogP contribution in [0.25, 0.3) is 10.9 Å². The summed E-state index contributed by atoms with van der Waals surface area (Å²) < 4.78 is 18.9. The third-order valence-electron chi connectivity index (χ3n) is 5.04. The second kappa shape index (κ2) is 10.2. The second-order valence-electron chi connectivity index (χ2n) is 7.46. The first-order chi connectivity index (χ1) is 16.0. The van der Waals surface area contributed by atoms with E-state index >= 15 is 0 Å². The number of ether oxygens (including phenoxy) is 1. The maximum absolute atomic E-state index is 13.3. The fourth-order valence-electron chi connectivity index (χ4n) is 3.46. The molecule has 0 fully saturated rings. The molecule has 8 heteroatoms. The molecule has 0 amide bonds. The Kier molecular flexibility index (Phi) is 6.95. The van der Waals surface area contributed by atoms with Gasteiger partial charge in [0.15, 0.2) is 5.11 Å². The first-order valence-electron chi connectivity index (χ1n) is 10.5. The summed E-state index contributed by atoms with van der Waals surface area (Å²) in [5.41, 5.74) is 2.71. The molecule has 0 saturated carbocycles. The second-order valence-corrected chi connectivity index (χ2v) is 7.85. The number of nitrogens with one attached hydrogen (secondary N) is 2. The summed E-state index contributed by atoms with van der Waals surface area (Å²) in [4.78, 5) is 21.8. The Morgan fingerprint density at radius 3 is 2.70 bits per heavy atom. The van der Waals surface area contributed by atoms with Crippen LogP contribution < -0.4 is 15.6 Å². The van der Waals surface area contributed by atoms with Crippen molar-refractivity contribution in [2.75, 3.05) is 11.9 Å². The van der Waals surface area contributed by atoms with Gasteiger partial charge >= 0.3 is 0 Å². The van der Waals surface area contributed by atoms with Crippen molar-refractivity contribution in [3.63, 3.8) is 0 Å². The summed E-state index contributed by atoms with van der Waals surface area (Å²) in [5, 5.41) is 4.41. The summed E-state index contributed by atoms with van der Waals surface area (Å²) in [7, 11) is 0. The molecule has 0 bridgehead atoms. The number of anilines is 1. The van der Waals surface area contributed by atoms with Crippen molar-refractivity contribution in [1.29, 1.82) is 0 Å². The highest BCUT2D eigenvalue weighted by atomic mass is 32.1. The Morgan fingerprint density at radius 1 is 1.15 bits per heavy atom. The van der Waals surface area contributed by atoms with Crippen LogP contribution in [-0.4, -0.2) is 26.6 Å². The number of aromatic nitrogens is 2. The van der Waals surface area contributed by atoms with Crippen LogP contribution in [0.5, 0.6) is 5.75 Å². The molecule has 0 aliphatic heterocycles. The van der Waals surface area contributed by atoms with Gasteiger partial charge in [0.2, 0.25) is 0 Å². The normalized spacial score (nSPS) is 10.7. The molecule has 0 aliphatic carbocycles. The number of fused-ring (bicyclic) bond motifs is 1. The number of halogens is 1. The molecule has 2 N–H and O–H groups in total. The van der Waals surface area contributed by atoms with Gasteiger partial charge in [0.25, 0.3) is 5.56 Å². The van der Waals surface area contributed by atoms with E-state index in [1.807, 2.05) is 48.2 Å². The van der Waals surface area contributed by atoms with E-state index in [0.717, 1.165) is 22.2 Å². The van der Waals surface area contributed by atoms with E-state index in [4.69, 9.17) is 17.0 Å². The molecule has 4 aromatic rings. The highest BCUT2D eigenvalue weighted by Crippen LogP contribution is 2.20. The topological polar surface area (TPSA) is 70.2 Å². The minimum absolute atomic E-state index is 0.188. The highest BCUT2D eigenvalue weighted by Gasteiger charge is 2.15. The van der Waals surface area contributed by atoms with E-state index in [2.05, 4.69) is 15.3 Å². The smallest absolute Gasteiger partial charge is 0.253 e.